The first kappa shape index (κ1) is 37.8. The summed E-state index contributed by atoms with van der Waals surface area (Å²) in [6, 6.07) is 14.1. The van der Waals surface area contributed by atoms with E-state index in [4.69, 9.17) is 9.47 Å². The molecule has 54 heavy (non-hydrogen) atoms. The third-order valence-corrected chi connectivity index (χ3v) is 9.81. The summed E-state index contributed by atoms with van der Waals surface area (Å²) in [5.41, 5.74) is 5.61. The van der Waals surface area contributed by atoms with Gasteiger partial charge in [0.1, 0.15) is 35.8 Å². The van der Waals surface area contributed by atoms with Gasteiger partial charge < -0.3 is 39.9 Å². The third kappa shape index (κ3) is 8.00. The van der Waals surface area contributed by atoms with Gasteiger partial charge in [-0.05, 0) is 34.1 Å². The number of aromatic amines is 2. The van der Waals surface area contributed by atoms with Gasteiger partial charge in [-0.2, -0.15) is 0 Å². The molecule has 5 N–H and O–H groups in total. The minimum absolute atomic E-state index is 0.134. The van der Waals surface area contributed by atoms with Crippen molar-refractivity contribution in [2.75, 3.05) is 34.0 Å². The molecule has 2 aliphatic heterocycles. The van der Waals surface area contributed by atoms with Crippen molar-refractivity contribution < 1.29 is 28.7 Å². The second-order valence-electron chi connectivity index (χ2n) is 14.0. The Hall–Kier alpha value is -5.96. The molecule has 2 unspecified atom stereocenters. The number of hydrogen-bond donors (Lipinski definition) is 5. The first-order valence-corrected chi connectivity index (χ1v) is 18.0. The van der Waals surface area contributed by atoms with Crippen LogP contribution in [0.4, 0.5) is 9.59 Å². The van der Waals surface area contributed by atoms with Gasteiger partial charge in [0.25, 0.3) is 0 Å². The highest BCUT2D eigenvalue weighted by Gasteiger charge is 2.38. The van der Waals surface area contributed by atoms with Crippen LogP contribution in [0.15, 0.2) is 73.1 Å². The maximum Gasteiger partial charge on any atom is 0.407 e. The number of nitrogens with one attached hydrogen (secondary N) is 5. The van der Waals surface area contributed by atoms with Gasteiger partial charge in [0.05, 0.1) is 44.7 Å². The quantitative estimate of drug-likeness (QED) is 0.135. The van der Waals surface area contributed by atoms with E-state index < -0.39 is 24.3 Å². The van der Waals surface area contributed by atoms with E-state index in [9.17, 15) is 19.2 Å². The molecule has 284 valence electrons. The summed E-state index contributed by atoms with van der Waals surface area (Å²) in [5, 5.41) is 8.57. The van der Waals surface area contributed by atoms with Crippen LogP contribution in [-0.2, 0) is 19.1 Å². The lowest BCUT2D eigenvalue weighted by Gasteiger charge is -2.29. The van der Waals surface area contributed by atoms with E-state index in [-0.39, 0.29) is 35.7 Å². The van der Waals surface area contributed by atoms with Gasteiger partial charge in [0, 0.05) is 13.1 Å². The summed E-state index contributed by atoms with van der Waals surface area (Å²) < 4.78 is 9.47. The van der Waals surface area contributed by atoms with Crippen LogP contribution in [0.25, 0.3) is 33.6 Å². The second kappa shape index (κ2) is 16.4. The first-order valence-electron chi connectivity index (χ1n) is 18.0. The van der Waals surface area contributed by atoms with Gasteiger partial charge in [-0.25, -0.2) is 19.6 Å². The standard InChI is InChI=1S/C39H47N9O6/c1-22(2)32(45-38(51)53-5)36(49)47-17-7-8-30(47)34-41-18-28(43-34)26-13-9-24(10-14-26)25-11-15-27(16-12-25)29-19-42-35(44-29)31-20-40-21-48(31)37(50)33(23(3)4)46-39(52)54-6/h7-16,18-19,22-23,30-33,40H,17,20-21H2,1-6H3,(H,41,43)(H,42,44)(H,45,51)(H,46,52)/t30?,31?,32-,33-/m0/s1. The Balaban J connectivity index is 1.11. The number of ether oxygens (including phenoxy) is 2. The lowest BCUT2D eigenvalue weighted by Crippen LogP contribution is -2.51. The summed E-state index contributed by atoms with van der Waals surface area (Å²) in [7, 11) is 2.55. The molecule has 2 aromatic heterocycles. The highest BCUT2D eigenvalue weighted by atomic mass is 16.5. The molecule has 4 heterocycles. The molecule has 1 fully saturated rings. The van der Waals surface area contributed by atoms with Crippen LogP contribution in [0.5, 0.6) is 0 Å². The Morgan fingerprint density at radius 2 is 1.17 bits per heavy atom. The van der Waals surface area contributed by atoms with E-state index in [1.165, 1.54) is 14.2 Å². The predicted molar refractivity (Wildman–Crippen MR) is 201 cm³/mol. The Kier molecular flexibility index (Phi) is 11.5. The SMILES string of the molecule is COC(=O)N[C@H](C(=O)N1CC=CC1c1ncc(-c2ccc(-c3ccc(-c4cnc(C5CNCN5C(=O)[C@@H](NC(=O)OC)C(C)C)[nH]4)cc3)cc2)[nH]1)C(C)C. The maximum atomic E-state index is 13.5. The van der Waals surface area contributed by atoms with Crippen LogP contribution in [0.2, 0.25) is 0 Å². The molecule has 0 bridgehead atoms. The van der Waals surface area contributed by atoms with Crippen molar-refractivity contribution in [3.8, 4) is 33.6 Å². The van der Waals surface area contributed by atoms with Crippen LogP contribution in [0.3, 0.4) is 0 Å². The van der Waals surface area contributed by atoms with Gasteiger partial charge in [-0.15, -0.1) is 0 Å². The fourth-order valence-electron chi connectivity index (χ4n) is 6.73. The largest absolute Gasteiger partial charge is 0.453 e. The molecule has 1 saturated heterocycles. The number of rotatable bonds is 11. The Morgan fingerprint density at radius 3 is 1.67 bits per heavy atom. The molecular formula is C39H47N9O6. The fourth-order valence-corrected chi connectivity index (χ4v) is 6.73. The molecule has 6 rings (SSSR count). The molecule has 15 heteroatoms. The predicted octanol–water partition coefficient (Wildman–Crippen LogP) is 4.76. The number of nitrogens with zero attached hydrogens (tertiary/aromatic N) is 4. The minimum Gasteiger partial charge on any atom is -0.453 e. The zero-order valence-electron chi connectivity index (χ0n) is 31.3. The number of benzene rings is 2. The molecule has 2 aliphatic rings. The smallest absolute Gasteiger partial charge is 0.407 e. The molecule has 0 saturated carbocycles. The summed E-state index contributed by atoms with van der Waals surface area (Å²) in [6.07, 6.45) is 6.09. The van der Waals surface area contributed by atoms with Crippen molar-refractivity contribution in [3.05, 3.63) is 84.7 Å². The van der Waals surface area contributed by atoms with Gasteiger partial charge in [-0.3, -0.25) is 14.9 Å². The van der Waals surface area contributed by atoms with Crippen molar-refractivity contribution in [3.63, 3.8) is 0 Å². The van der Waals surface area contributed by atoms with Crippen molar-refractivity contribution in [1.82, 2.24) is 45.7 Å². The molecule has 0 spiro atoms. The summed E-state index contributed by atoms with van der Waals surface area (Å²) >= 11 is 0. The number of carbonyl (C=O) groups is 4. The second-order valence-corrected chi connectivity index (χ2v) is 14.0. The van der Waals surface area contributed by atoms with Crippen LogP contribution in [-0.4, -0.2) is 99.8 Å². The van der Waals surface area contributed by atoms with E-state index in [0.29, 0.717) is 31.4 Å². The molecule has 4 amide bonds. The van der Waals surface area contributed by atoms with Gasteiger partial charge in [0.15, 0.2) is 0 Å². The highest BCUT2D eigenvalue weighted by Crippen LogP contribution is 2.31. The number of alkyl carbamates (subject to hydrolysis) is 2. The Labute approximate surface area is 313 Å². The summed E-state index contributed by atoms with van der Waals surface area (Å²) in [5.74, 6) is 0.609. The first-order chi connectivity index (χ1) is 26.0. The minimum atomic E-state index is -0.729. The monoisotopic (exact) mass is 737 g/mol. The van der Waals surface area contributed by atoms with E-state index in [1.54, 1.807) is 22.2 Å². The molecule has 0 aliphatic carbocycles. The number of amides is 4. The average molecular weight is 738 g/mol. The lowest BCUT2D eigenvalue weighted by atomic mass is 10.0. The Morgan fingerprint density at radius 1 is 0.704 bits per heavy atom. The molecule has 0 radical (unpaired) electrons. The zero-order valence-corrected chi connectivity index (χ0v) is 31.3. The van der Waals surface area contributed by atoms with Crippen molar-refractivity contribution in [1.29, 1.82) is 0 Å². The van der Waals surface area contributed by atoms with Crippen LogP contribution in [0.1, 0.15) is 51.4 Å². The number of carbonyl (C=O) groups excluding carboxylic acids is 4. The van der Waals surface area contributed by atoms with E-state index in [2.05, 4.69) is 48.0 Å². The van der Waals surface area contributed by atoms with Crippen molar-refractivity contribution >= 4 is 24.0 Å². The lowest BCUT2D eigenvalue weighted by molar-refractivity contribution is -0.136. The summed E-state index contributed by atoms with van der Waals surface area (Å²) in [4.78, 5) is 70.2. The molecule has 15 nitrogen and oxygen atoms in total. The van der Waals surface area contributed by atoms with E-state index in [1.807, 2.05) is 76.2 Å². The number of hydrogen-bond acceptors (Lipinski definition) is 9. The van der Waals surface area contributed by atoms with Crippen molar-refractivity contribution in [2.45, 2.75) is 51.9 Å². The highest BCUT2D eigenvalue weighted by molar-refractivity contribution is 5.87. The van der Waals surface area contributed by atoms with Gasteiger partial charge in [-0.1, -0.05) is 88.4 Å². The van der Waals surface area contributed by atoms with Crippen LogP contribution in [0, 0.1) is 11.8 Å². The maximum absolute atomic E-state index is 13.5. The Bertz CT molecular complexity index is 1990. The summed E-state index contributed by atoms with van der Waals surface area (Å²) in [6.45, 7) is 8.79. The average Bonchev–Trinajstić information content (AvgIpc) is 4.02. The number of aromatic nitrogens is 4. The molecule has 4 atom stereocenters. The normalized spacial score (nSPS) is 17.9. The van der Waals surface area contributed by atoms with Crippen molar-refractivity contribution in [2.24, 2.45) is 11.8 Å². The van der Waals surface area contributed by atoms with Crippen LogP contribution >= 0.6 is 0 Å². The van der Waals surface area contributed by atoms with Gasteiger partial charge in [0.2, 0.25) is 11.8 Å². The fraction of sp³-hybridized carbons (Fsp3) is 0.385. The number of imidazole rings is 2. The third-order valence-electron chi connectivity index (χ3n) is 9.81. The van der Waals surface area contributed by atoms with E-state index >= 15 is 0 Å². The number of methoxy groups -OCH3 is 2. The zero-order chi connectivity index (χ0) is 38.5. The molecule has 4 aromatic rings. The molecular weight excluding hydrogens is 690 g/mol. The number of H-pyrrole nitrogens is 2. The van der Waals surface area contributed by atoms with Gasteiger partial charge >= 0.3 is 12.2 Å². The van der Waals surface area contributed by atoms with Crippen LogP contribution < -0.4 is 16.0 Å². The van der Waals surface area contributed by atoms with E-state index in [0.717, 1.165) is 33.6 Å². The molecule has 2 aromatic carbocycles. The topological polar surface area (TPSA) is 187 Å².